The van der Waals surface area contributed by atoms with Gasteiger partial charge < -0.3 is 16.2 Å². The fraction of sp³-hybridized carbons (Fsp3) is 0.375. The Morgan fingerprint density at radius 3 is 2.11 bits per heavy atom. The maximum atomic E-state index is 12.5. The molecule has 1 heterocycles. The average molecular weight is 275 g/mol. The lowest BCUT2D eigenvalue weighted by Crippen LogP contribution is -2.21. The molecular formula is C8H7F6N3O. The molecule has 0 amide bonds. The van der Waals surface area contributed by atoms with Crippen LogP contribution in [0.3, 0.4) is 0 Å². The fourth-order valence-corrected chi connectivity index (χ4v) is 1.11. The molecule has 1 rings (SSSR count). The molecule has 18 heavy (non-hydrogen) atoms. The summed E-state index contributed by atoms with van der Waals surface area (Å²) in [5.74, 6) is -1.18. The van der Waals surface area contributed by atoms with Gasteiger partial charge in [0.1, 0.15) is 5.69 Å². The summed E-state index contributed by atoms with van der Waals surface area (Å²) < 4.78 is 76.7. The van der Waals surface area contributed by atoms with Gasteiger partial charge in [-0.15, -0.1) is 13.2 Å². The molecule has 0 aliphatic carbocycles. The fourth-order valence-electron chi connectivity index (χ4n) is 1.11. The lowest BCUT2D eigenvalue weighted by Gasteiger charge is -2.16. The number of rotatable bonds is 2. The SMILES string of the molecule is NCc1cc(OC(F)(F)F)c(N)c(C(F)(F)F)n1. The van der Waals surface area contributed by atoms with Gasteiger partial charge in [0.2, 0.25) is 0 Å². The van der Waals surface area contributed by atoms with Crippen molar-refractivity contribution in [1.82, 2.24) is 4.98 Å². The molecule has 0 unspecified atom stereocenters. The standard InChI is InChI=1S/C8H7F6N3O/c9-7(10,11)6-5(16)4(18-8(12,13)14)1-3(2-15)17-6/h1H,2,15-16H2. The molecule has 0 radical (unpaired) electrons. The summed E-state index contributed by atoms with van der Waals surface area (Å²) in [6.07, 6.45) is -10.2. The molecule has 102 valence electrons. The first-order chi connectivity index (χ1) is 8.04. The van der Waals surface area contributed by atoms with E-state index in [0.29, 0.717) is 6.07 Å². The summed E-state index contributed by atoms with van der Waals surface area (Å²) in [4.78, 5) is 3.03. The Labute approximate surface area is 96.5 Å². The molecule has 4 N–H and O–H groups in total. The van der Waals surface area contributed by atoms with Crippen LogP contribution in [0.2, 0.25) is 0 Å². The van der Waals surface area contributed by atoms with Crippen molar-refractivity contribution < 1.29 is 31.1 Å². The third-order valence-electron chi connectivity index (χ3n) is 1.78. The minimum absolute atomic E-state index is 0.421. The Morgan fingerprint density at radius 1 is 1.17 bits per heavy atom. The topological polar surface area (TPSA) is 74.2 Å². The molecule has 0 spiro atoms. The third kappa shape index (κ3) is 3.39. The normalized spacial score (nSPS) is 12.6. The van der Waals surface area contributed by atoms with Gasteiger partial charge >= 0.3 is 12.5 Å². The van der Waals surface area contributed by atoms with Gasteiger partial charge in [0.15, 0.2) is 11.4 Å². The summed E-state index contributed by atoms with van der Waals surface area (Å²) in [6.45, 7) is -0.489. The molecule has 1 aromatic heterocycles. The van der Waals surface area contributed by atoms with E-state index in [1.807, 2.05) is 0 Å². The first kappa shape index (κ1) is 14.4. The van der Waals surface area contributed by atoms with Crippen molar-refractivity contribution in [3.8, 4) is 5.75 Å². The van der Waals surface area contributed by atoms with Crippen LogP contribution in [0, 0.1) is 0 Å². The molecular weight excluding hydrogens is 268 g/mol. The van der Waals surface area contributed by atoms with Gasteiger partial charge in [0, 0.05) is 12.6 Å². The van der Waals surface area contributed by atoms with E-state index in [0.717, 1.165) is 0 Å². The number of pyridine rings is 1. The zero-order chi connectivity index (χ0) is 14.1. The van der Waals surface area contributed by atoms with Crippen LogP contribution in [0.25, 0.3) is 0 Å². The van der Waals surface area contributed by atoms with Gasteiger partial charge in [-0.05, 0) is 0 Å². The van der Waals surface area contributed by atoms with Crippen LogP contribution in [-0.4, -0.2) is 11.3 Å². The highest BCUT2D eigenvalue weighted by Gasteiger charge is 2.39. The predicted molar refractivity (Wildman–Crippen MR) is 48.2 cm³/mol. The molecule has 4 nitrogen and oxygen atoms in total. The number of hydrogen-bond donors (Lipinski definition) is 2. The average Bonchev–Trinajstić information content (AvgIpc) is 2.17. The number of aromatic nitrogens is 1. The quantitative estimate of drug-likeness (QED) is 0.810. The highest BCUT2D eigenvalue weighted by atomic mass is 19.4. The van der Waals surface area contributed by atoms with Gasteiger partial charge in [0.05, 0.1) is 5.69 Å². The van der Waals surface area contributed by atoms with E-state index in [9.17, 15) is 26.3 Å². The van der Waals surface area contributed by atoms with Crippen molar-refractivity contribution in [2.24, 2.45) is 5.73 Å². The third-order valence-corrected chi connectivity index (χ3v) is 1.78. The Morgan fingerprint density at radius 2 is 1.72 bits per heavy atom. The first-order valence-electron chi connectivity index (χ1n) is 4.37. The predicted octanol–water partition coefficient (Wildman–Crippen LogP) is 2.04. The molecule has 0 aromatic carbocycles. The van der Waals surface area contributed by atoms with E-state index < -0.39 is 41.9 Å². The lowest BCUT2D eigenvalue weighted by molar-refractivity contribution is -0.274. The van der Waals surface area contributed by atoms with Gasteiger partial charge in [0.25, 0.3) is 0 Å². The highest BCUT2D eigenvalue weighted by molar-refractivity contribution is 5.57. The molecule has 0 aliphatic rings. The second-order valence-corrected chi connectivity index (χ2v) is 3.12. The van der Waals surface area contributed by atoms with E-state index in [1.165, 1.54) is 0 Å². The number of ether oxygens (including phenoxy) is 1. The summed E-state index contributed by atoms with van der Waals surface area (Å²) in [5, 5.41) is 0. The van der Waals surface area contributed by atoms with Crippen LogP contribution in [0.1, 0.15) is 11.4 Å². The molecule has 1 aromatic rings. The number of hydrogen-bond acceptors (Lipinski definition) is 4. The van der Waals surface area contributed by atoms with E-state index in [1.54, 1.807) is 0 Å². The number of nitrogen functional groups attached to an aromatic ring is 1. The Balaban J connectivity index is 3.34. The summed E-state index contributed by atoms with van der Waals surface area (Å²) in [7, 11) is 0. The molecule has 0 bridgehead atoms. The van der Waals surface area contributed by atoms with Crippen molar-refractivity contribution in [2.75, 3.05) is 5.73 Å². The molecule has 0 saturated heterocycles. The van der Waals surface area contributed by atoms with E-state index in [-0.39, 0.29) is 0 Å². The Bertz CT molecular complexity index is 442. The van der Waals surface area contributed by atoms with Crippen molar-refractivity contribution in [2.45, 2.75) is 19.1 Å². The summed E-state index contributed by atoms with van der Waals surface area (Å²) in [6, 6.07) is 0.609. The van der Waals surface area contributed by atoms with Crippen molar-refractivity contribution >= 4 is 5.69 Å². The van der Waals surface area contributed by atoms with Gasteiger partial charge in [-0.25, -0.2) is 4.98 Å². The second-order valence-electron chi connectivity index (χ2n) is 3.12. The van der Waals surface area contributed by atoms with Crippen LogP contribution < -0.4 is 16.2 Å². The van der Waals surface area contributed by atoms with Crippen LogP contribution in [-0.2, 0) is 12.7 Å². The van der Waals surface area contributed by atoms with Crippen LogP contribution >= 0.6 is 0 Å². The minimum Gasteiger partial charge on any atom is -0.403 e. The Kier molecular flexibility index (Phi) is 3.60. The molecule has 0 fully saturated rings. The van der Waals surface area contributed by atoms with Crippen LogP contribution in [0.5, 0.6) is 5.75 Å². The van der Waals surface area contributed by atoms with Gasteiger partial charge in [-0.3, -0.25) is 0 Å². The largest absolute Gasteiger partial charge is 0.573 e. The molecule has 0 saturated carbocycles. The smallest absolute Gasteiger partial charge is 0.403 e. The summed E-state index contributed by atoms with van der Waals surface area (Å²) in [5.41, 5.74) is 6.67. The summed E-state index contributed by atoms with van der Waals surface area (Å²) >= 11 is 0. The van der Waals surface area contributed by atoms with Crippen molar-refractivity contribution in [1.29, 1.82) is 0 Å². The maximum Gasteiger partial charge on any atom is 0.573 e. The highest BCUT2D eigenvalue weighted by Crippen LogP contribution is 2.38. The van der Waals surface area contributed by atoms with E-state index in [4.69, 9.17) is 11.5 Å². The number of nitrogens with zero attached hydrogens (tertiary/aromatic N) is 1. The van der Waals surface area contributed by atoms with Crippen LogP contribution in [0.15, 0.2) is 6.07 Å². The maximum absolute atomic E-state index is 12.5. The Hall–Kier alpha value is -1.71. The van der Waals surface area contributed by atoms with Gasteiger partial charge in [-0.2, -0.15) is 13.2 Å². The minimum atomic E-state index is -5.16. The molecule has 0 atom stereocenters. The number of anilines is 1. The lowest BCUT2D eigenvalue weighted by atomic mass is 10.2. The molecule has 0 aliphatic heterocycles. The van der Waals surface area contributed by atoms with Gasteiger partial charge in [-0.1, -0.05) is 0 Å². The molecule has 10 heteroatoms. The van der Waals surface area contributed by atoms with Crippen molar-refractivity contribution in [3.05, 3.63) is 17.5 Å². The zero-order valence-electron chi connectivity index (χ0n) is 8.56. The zero-order valence-corrected chi connectivity index (χ0v) is 8.56. The monoisotopic (exact) mass is 275 g/mol. The van der Waals surface area contributed by atoms with E-state index >= 15 is 0 Å². The van der Waals surface area contributed by atoms with Crippen LogP contribution in [0.4, 0.5) is 32.0 Å². The number of nitrogens with two attached hydrogens (primary N) is 2. The van der Waals surface area contributed by atoms with E-state index in [2.05, 4.69) is 9.72 Å². The number of alkyl halides is 6. The second kappa shape index (κ2) is 4.52. The first-order valence-corrected chi connectivity index (χ1v) is 4.37. The van der Waals surface area contributed by atoms with Crippen molar-refractivity contribution in [3.63, 3.8) is 0 Å². The number of halogens is 6.